The molecule has 6 rings (SSSR count). The normalized spacial score (nSPS) is 37.8. The smallest absolute Gasteiger partial charge is 0.251 e. The number of amides is 5. The standard InChI is InChI=1S/C56H89N5O27/c1-6-7-8-9-10-11-12-13-14-18-79-30-17-15-16-29(19-30)51(77)61-37-42(72)41(71)31(20-62)81-53(37)86-48-33(22-64)83-55(39(44(48)74)59-27(4)69)88-50-35(24-66)84-56(40(46(50)76)60-28(5)70)87-49-34(23-65)82-54(38(45(49)75)58-26(3)68)85-47-32(21-63)80-52(78)36(43(47)73)57-25(2)67/h11-12,15-17,19,31-50,52-56,62-66,71-76,78H,6-10,13-14,18,20-24H2,1-5H3,(H,57,67)(H,58,68)(H,59,69)(H,60,70)(H,61,77)/b12-11-/t31?,32?,33?,34?,35?,36-,37-,38?,39?,40-,41+,42?,43+,44?,45?,46+,47?,48+,49+,50?,52+,53-,54?,55?,56-/m0/s1. The number of nitrogens with one attached hydrogen (secondary N) is 5. The van der Waals surface area contributed by atoms with Crippen molar-refractivity contribution < 1.29 is 133 Å². The molecule has 0 radical (unpaired) electrons. The van der Waals surface area contributed by atoms with E-state index >= 15 is 0 Å². The fourth-order valence-corrected chi connectivity index (χ4v) is 11.1. The number of ether oxygens (including phenoxy) is 10. The maximum atomic E-state index is 13.9. The van der Waals surface area contributed by atoms with Gasteiger partial charge in [0.15, 0.2) is 31.5 Å². The summed E-state index contributed by atoms with van der Waals surface area (Å²) in [5, 5.41) is 145. The van der Waals surface area contributed by atoms with E-state index in [0.29, 0.717) is 18.8 Å². The van der Waals surface area contributed by atoms with Crippen LogP contribution in [0.2, 0.25) is 0 Å². The van der Waals surface area contributed by atoms with Crippen molar-refractivity contribution in [2.24, 2.45) is 0 Å². The van der Waals surface area contributed by atoms with E-state index in [1.54, 1.807) is 12.1 Å². The van der Waals surface area contributed by atoms with E-state index in [0.717, 1.165) is 53.4 Å². The summed E-state index contributed by atoms with van der Waals surface area (Å²) in [6.07, 6.45) is -24.4. The van der Waals surface area contributed by atoms with Gasteiger partial charge in [-0.25, -0.2) is 0 Å². The Kier molecular flexibility index (Phi) is 28.5. The van der Waals surface area contributed by atoms with E-state index in [1.165, 1.54) is 25.0 Å². The van der Waals surface area contributed by atoms with Crippen LogP contribution in [0.15, 0.2) is 36.4 Å². The van der Waals surface area contributed by atoms with E-state index < -0.39 is 216 Å². The molecule has 0 bridgehead atoms. The SMILES string of the molecule is CCCCCC/C=C\CCCOc1cccc(C(=O)N[C@H]2C(O)[C@H](O)C(CO)O[C@H]2O[C@@H]2C(CO)OC(OC3C(CO)O[C@@H](O[C@@H]4C(CO)OC(OC5C(CO)O[C@@H](O)[C@@H](NC(C)=O)[C@H]5O)C(NC(C)=O)C4O)[C@@H](NC(C)=O)[C@H]3O)C(NC(C)=O)C2O)c1. The second-order valence-electron chi connectivity index (χ2n) is 22.2. The first-order valence-electron chi connectivity index (χ1n) is 29.5. The lowest BCUT2D eigenvalue weighted by Crippen LogP contribution is -2.72. The maximum absolute atomic E-state index is 13.9. The van der Waals surface area contributed by atoms with Crippen molar-refractivity contribution >= 4 is 29.5 Å². The molecule has 1 aromatic rings. The van der Waals surface area contributed by atoms with Gasteiger partial charge in [-0.05, 0) is 43.9 Å². The Bertz CT molecular complexity index is 2400. The van der Waals surface area contributed by atoms with E-state index in [4.69, 9.17) is 47.4 Å². The minimum absolute atomic E-state index is 0.0576. The number of aliphatic hydroxyl groups excluding tert-OH is 12. The molecule has 88 heavy (non-hydrogen) atoms. The van der Waals surface area contributed by atoms with E-state index in [-0.39, 0.29) is 5.56 Å². The van der Waals surface area contributed by atoms with Crippen LogP contribution in [0.25, 0.3) is 0 Å². The fraction of sp³-hybridized carbons (Fsp3) is 0.768. The minimum Gasteiger partial charge on any atom is -0.494 e. The van der Waals surface area contributed by atoms with Crippen molar-refractivity contribution in [1.82, 2.24) is 26.6 Å². The van der Waals surface area contributed by atoms with Gasteiger partial charge in [-0.2, -0.15) is 0 Å². The van der Waals surface area contributed by atoms with Gasteiger partial charge in [0, 0.05) is 33.3 Å². The summed E-state index contributed by atoms with van der Waals surface area (Å²) in [7, 11) is 0. The minimum atomic E-state index is -2.03. The molecule has 0 spiro atoms. The first-order valence-corrected chi connectivity index (χ1v) is 29.5. The molecule has 0 saturated carbocycles. The third-order valence-corrected chi connectivity index (χ3v) is 15.5. The van der Waals surface area contributed by atoms with Crippen molar-refractivity contribution in [1.29, 1.82) is 0 Å². The second kappa shape index (κ2) is 34.6. The number of unbranched alkanes of at least 4 members (excludes halogenated alkanes) is 5. The Balaban J connectivity index is 1.18. The van der Waals surface area contributed by atoms with Gasteiger partial charge in [-0.3, -0.25) is 24.0 Å². The molecule has 17 N–H and O–H groups in total. The summed E-state index contributed by atoms with van der Waals surface area (Å²) in [5.74, 6) is -3.54. The summed E-state index contributed by atoms with van der Waals surface area (Å²) >= 11 is 0. The summed E-state index contributed by atoms with van der Waals surface area (Å²) < 4.78 is 59.8. The Morgan fingerprint density at radius 2 is 0.830 bits per heavy atom. The van der Waals surface area contributed by atoms with Gasteiger partial charge in [0.25, 0.3) is 5.91 Å². The quantitative estimate of drug-likeness (QED) is 0.0262. The van der Waals surface area contributed by atoms with Crippen LogP contribution < -0.4 is 31.3 Å². The van der Waals surface area contributed by atoms with E-state index in [2.05, 4.69) is 45.7 Å². The molecule has 5 amide bonds. The predicted octanol–water partition coefficient (Wildman–Crippen LogP) is -6.23. The molecule has 500 valence electrons. The van der Waals surface area contributed by atoms with Gasteiger partial charge in [0.2, 0.25) is 23.6 Å². The lowest BCUT2D eigenvalue weighted by molar-refractivity contribution is -0.367. The topological polar surface area (TPSA) is 481 Å². The Morgan fingerprint density at radius 3 is 1.24 bits per heavy atom. The third kappa shape index (κ3) is 18.7. The highest BCUT2D eigenvalue weighted by Crippen LogP contribution is 2.36. The predicted molar refractivity (Wildman–Crippen MR) is 297 cm³/mol. The largest absolute Gasteiger partial charge is 0.494 e. The lowest BCUT2D eigenvalue weighted by Gasteiger charge is -2.51. The van der Waals surface area contributed by atoms with Crippen molar-refractivity contribution in [2.75, 3.05) is 39.6 Å². The molecule has 1 aromatic carbocycles. The van der Waals surface area contributed by atoms with Crippen molar-refractivity contribution in [2.45, 2.75) is 233 Å². The zero-order valence-electron chi connectivity index (χ0n) is 49.6. The van der Waals surface area contributed by atoms with Gasteiger partial charge in [0.1, 0.15) is 128 Å². The Hall–Kier alpha value is -4.73. The average molecular weight is 1260 g/mol. The summed E-state index contributed by atoms with van der Waals surface area (Å²) in [6, 6.07) is -2.18. The van der Waals surface area contributed by atoms with Crippen molar-refractivity contribution in [3.8, 4) is 5.75 Å². The first kappa shape index (κ1) is 72.3. The zero-order valence-corrected chi connectivity index (χ0v) is 49.6. The molecular weight excluding hydrogens is 1170 g/mol. The Morgan fingerprint density at radius 1 is 0.455 bits per heavy atom. The highest BCUT2D eigenvalue weighted by Gasteiger charge is 2.58. The number of carbonyl (C=O) groups is 5. The molecule has 32 heteroatoms. The molecule has 5 aliphatic rings. The molecule has 25 atom stereocenters. The average Bonchev–Trinajstić information content (AvgIpc) is 0.891. The van der Waals surface area contributed by atoms with Crippen molar-refractivity contribution in [3.05, 3.63) is 42.0 Å². The Labute approximate surface area is 507 Å². The zero-order chi connectivity index (χ0) is 64.5. The highest BCUT2D eigenvalue weighted by molar-refractivity contribution is 5.94. The van der Waals surface area contributed by atoms with Gasteiger partial charge < -0.3 is 135 Å². The van der Waals surface area contributed by atoms with Crippen LogP contribution in [0.5, 0.6) is 5.75 Å². The summed E-state index contributed by atoms with van der Waals surface area (Å²) in [5.41, 5.74) is 0.0576. The van der Waals surface area contributed by atoms with Gasteiger partial charge in [-0.1, -0.05) is 44.4 Å². The third-order valence-electron chi connectivity index (χ3n) is 15.5. The number of hydrogen-bond acceptors (Lipinski definition) is 27. The van der Waals surface area contributed by atoms with Crippen LogP contribution in [0.1, 0.15) is 89.9 Å². The molecule has 0 aliphatic carbocycles. The molecule has 0 aromatic heterocycles. The number of allylic oxidation sites excluding steroid dienone is 2. The summed E-state index contributed by atoms with van der Waals surface area (Å²) in [6.45, 7) is 2.01. The molecular formula is C56H89N5O27. The number of benzene rings is 1. The number of hydrogen-bond donors (Lipinski definition) is 17. The monoisotopic (exact) mass is 1260 g/mol. The fourth-order valence-electron chi connectivity index (χ4n) is 11.1. The van der Waals surface area contributed by atoms with E-state index in [9.17, 15) is 85.3 Å². The van der Waals surface area contributed by atoms with E-state index in [1.807, 2.05) is 0 Å². The van der Waals surface area contributed by atoms with Crippen LogP contribution in [-0.4, -0.2) is 284 Å². The van der Waals surface area contributed by atoms with Gasteiger partial charge in [0.05, 0.1) is 39.6 Å². The first-order chi connectivity index (χ1) is 42.0. The number of aliphatic hydroxyl groups is 12. The van der Waals surface area contributed by atoms with Crippen LogP contribution in [0, 0.1) is 0 Å². The van der Waals surface area contributed by atoms with Crippen LogP contribution >= 0.6 is 0 Å². The number of rotatable bonds is 29. The molecule has 5 aliphatic heterocycles. The van der Waals surface area contributed by atoms with Crippen LogP contribution in [0.4, 0.5) is 0 Å². The molecule has 5 fully saturated rings. The maximum Gasteiger partial charge on any atom is 0.251 e. The molecule has 5 saturated heterocycles. The molecule has 14 unspecified atom stereocenters. The van der Waals surface area contributed by atoms with Crippen LogP contribution in [0.3, 0.4) is 0 Å². The number of carbonyl (C=O) groups excluding carboxylic acids is 5. The highest BCUT2D eigenvalue weighted by atomic mass is 16.8. The lowest BCUT2D eigenvalue weighted by atomic mass is 9.93. The summed E-state index contributed by atoms with van der Waals surface area (Å²) in [4.78, 5) is 64.1. The van der Waals surface area contributed by atoms with Crippen LogP contribution in [-0.2, 0) is 61.8 Å². The molecule has 5 heterocycles. The van der Waals surface area contributed by atoms with Gasteiger partial charge >= 0.3 is 0 Å². The molecule has 32 nitrogen and oxygen atoms in total. The van der Waals surface area contributed by atoms with Crippen molar-refractivity contribution in [3.63, 3.8) is 0 Å². The van der Waals surface area contributed by atoms with Gasteiger partial charge in [-0.15, -0.1) is 0 Å². The second-order valence-corrected chi connectivity index (χ2v) is 22.2.